The smallest absolute Gasteiger partial charge is 0.227 e. The number of nitrogens with zero attached hydrogens (tertiary/aromatic N) is 3. The van der Waals surface area contributed by atoms with Crippen molar-refractivity contribution in [2.24, 2.45) is 11.3 Å². The largest absolute Gasteiger partial charge is 0.367 e. The van der Waals surface area contributed by atoms with Gasteiger partial charge in [-0.05, 0) is 25.0 Å². The van der Waals surface area contributed by atoms with Crippen LogP contribution in [0.2, 0.25) is 0 Å². The lowest BCUT2D eigenvalue weighted by atomic mass is 9.91. The minimum absolute atomic E-state index is 0.0280. The Bertz CT molecular complexity index is 690. The predicted molar refractivity (Wildman–Crippen MR) is 99.2 cm³/mol. The lowest BCUT2D eigenvalue weighted by Gasteiger charge is -2.35. The van der Waals surface area contributed by atoms with Gasteiger partial charge in [-0.3, -0.25) is 9.59 Å². The molecule has 0 saturated carbocycles. The van der Waals surface area contributed by atoms with Gasteiger partial charge in [-0.25, -0.2) is 4.98 Å². The average molecular weight is 357 g/mol. The van der Waals surface area contributed by atoms with E-state index in [0.717, 1.165) is 19.4 Å². The van der Waals surface area contributed by atoms with Crippen LogP contribution in [-0.4, -0.2) is 47.9 Å². The highest BCUT2D eigenvalue weighted by Gasteiger charge is 2.33. The fourth-order valence-electron chi connectivity index (χ4n) is 3.00. The second kappa shape index (κ2) is 8.65. The van der Waals surface area contributed by atoms with Gasteiger partial charge < -0.3 is 15.5 Å². The molecule has 2 rings (SSSR count). The number of amides is 2. The summed E-state index contributed by atoms with van der Waals surface area (Å²) in [4.78, 5) is 30.7. The van der Waals surface area contributed by atoms with Crippen LogP contribution in [-0.2, 0) is 9.59 Å². The van der Waals surface area contributed by atoms with Crippen LogP contribution in [0, 0.1) is 22.7 Å². The number of carbonyl (C=O) groups is 2. The zero-order chi connectivity index (χ0) is 19.2. The molecule has 0 bridgehead atoms. The number of aromatic nitrogens is 1. The van der Waals surface area contributed by atoms with Crippen molar-refractivity contribution in [2.75, 3.05) is 31.5 Å². The lowest BCUT2D eigenvalue weighted by Crippen LogP contribution is -2.49. The second-order valence-corrected chi connectivity index (χ2v) is 7.57. The first-order valence-corrected chi connectivity index (χ1v) is 8.99. The number of likely N-dealkylation sites (tertiary alicyclic amines) is 1. The van der Waals surface area contributed by atoms with Crippen LogP contribution >= 0.6 is 0 Å². The first kappa shape index (κ1) is 19.7. The Balaban J connectivity index is 1.79. The van der Waals surface area contributed by atoms with E-state index in [0.29, 0.717) is 31.0 Å². The van der Waals surface area contributed by atoms with Gasteiger partial charge in [0, 0.05) is 37.8 Å². The summed E-state index contributed by atoms with van der Waals surface area (Å²) in [6.45, 7) is 7.82. The number of nitriles is 1. The summed E-state index contributed by atoms with van der Waals surface area (Å²) in [7, 11) is 0. The van der Waals surface area contributed by atoms with Gasteiger partial charge in [0.15, 0.2) is 0 Å². The van der Waals surface area contributed by atoms with Crippen molar-refractivity contribution in [2.45, 2.75) is 33.6 Å². The maximum Gasteiger partial charge on any atom is 0.227 e. The van der Waals surface area contributed by atoms with Gasteiger partial charge >= 0.3 is 0 Å². The molecule has 1 aliphatic rings. The molecule has 2 heterocycles. The maximum absolute atomic E-state index is 12.4. The zero-order valence-corrected chi connectivity index (χ0v) is 15.7. The summed E-state index contributed by atoms with van der Waals surface area (Å²) >= 11 is 0. The van der Waals surface area contributed by atoms with E-state index in [-0.39, 0.29) is 17.7 Å². The molecule has 0 radical (unpaired) electrons. The molecule has 0 aromatic carbocycles. The third-order valence-corrected chi connectivity index (χ3v) is 4.37. The Kier molecular flexibility index (Phi) is 6.56. The van der Waals surface area contributed by atoms with Crippen LogP contribution in [0.25, 0.3) is 0 Å². The molecule has 140 valence electrons. The quantitative estimate of drug-likeness (QED) is 0.783. The van der Waals surface area contributed by atoms with Gasteiger partial charge in [0.05, 0.1) is 11.5 Å². The molecule has 7 heteroatoms. The average Bonchev–Trinajstić information content (AvgIpc) is 2.64. The number of piperidine rings is 1. The normalized spacial score (nSPS) is 17.3. The molecule has 2 N–H and O–H groups in total. The molecule has 1 unspecified atom stereocenters. The van der Waals surface area contributed by atoms with E-state index in [1.165, 1.54) is 0 Å². The Labute approximate surface area is 154 Å². The molecular weight excluding hydrogens is 330 g/mol. The van der Waals surface area contributed by atoms with Crippen LogP contribution in [0.1, 0.15) is 39.2 Å². The first-order valence-electron chi connectivity index (χ1n) is 8.99. The molecule has 1 atom stereocenters. The van der Waals surface area contributed by atoms with Crippen molar-refractivity contribution in [3.05, 3.63) is 23.9 Å². The van der Waals surface area contributed by atoms with E-state index in [4.69, 9.17) is 5.26 Å². The second-order valence-electron chi connectivity index (χ2n) is 7.57. The molecule has 2 amide bonds. The van der Waals surface area contributed by atoms with E-state index >= 15 is 0 Å². The summed E-state index contributed by atoms with van der Waals surface area (Å²) in [5, 5.41) is 15.0. The standard InChI is InChI=1S/C19H27N5O2/c1-19(2,3)18(26)24-11-5-7-15(13-24)17(25)23-10-9-22-16-14(12-20)6-4-8-21-16/h4,6,8,15H,5,7,9-11,13H2,1-3H3,(H,21,22)(H,23,25). The van der Waals surface area contributed by atoms with Crippen LogP contribution < -0.4 is 10.6 Å². The summed E-state index contributed by atoms with van der Waals surface area (Å²) in [6, 6.07) is 5.47. The van der Waals surface area contributed by atoms with Gasteiger partial charge in [0.25, 0.3) is 0 Å². The number of rotatable bonds is 5. The Morgan fingerprint density at radius 3 is 2.85 bits per heavy atom. The number of carbonyl (C=O) groups excluding carboxylic acids is 2. The molecular formula is C19H27N5O2. The number of nitrogens with one attached hydrogen (secondary N) is 2. The minimum atomic E-state index is -0.427. The third kappa shape index (κ3) is 5.19. The van der Waals surface area contributed by atoms with Crippen molar-refractivity contribution >= 4 is 17.6 Å². The molecule has 1 aliphatic heterocycles. The molecule has 1 fully saturated rings. The topological polar surface area (TPSA) is 98.1 Å². The summed E-state index contributed by atoms with van der Waals surface area (Å²) < 4.78 is 0. The summed E-state index contributed by atoms with van der Waals surface area (Å²) in [6.07, 6.45) is 3.26. The van der Waals surface area contributed by atoms with E-state index in [9.17, 15) is 9.59 Å². The van der Waals surface area contributed by atoms with E-state index < -0.39 is 5.41 Å². The Morgan fingerprint density at radius 1 is 1.38 bits per heavy atom. The highest BCUT2D eigenvalue weighted by molar-refractivity contribution is 5.83. The van der Waals surface area contributed by atoms with Gasteiger partial charge in [-0.15, -0.1) is 0 Å². The molecule has 7 nitrogen and oxygen atoms in total. The molecule has 1 aromatic heterocycles. The lowest BCUT2D eigenvalue weighted by molar-refractivity contribution is -0.142. The van der Waals surface area contributed by atoms with Crippen molar-refractivity contribution in [1.29, 1.82) is 5.26 Å². The fourth-order valence-corrected chi connectivity index (χ4v) is 3.00. The number of anilines is 1. The van der Waals surface area contributed by atoms with Crippen molar-refractivity contribution < 1.29 is 9.59 Å². The van der Waals surface area contributed by atoms with Crippen LogP contribution in [0.15, 0.2) is 18.3 Å². The highest BCUT2D eigenvalue weighted by atomic mass is 16.2. The SMILES string of the molecule is CC(C)(C)C(=O)N1CCCC(C(=O)NCCNc2ncccc2C#N)C1. The first-order chi connectivity index (χ1) is 12.3. The summed E-state index contributed by atoms with van der Waals surface area (Å²) in [5.41, 5.74) is 0.0473. The predicted octanol–water partition coefficient (Wildman–Crippen LogP) is 1.77. The van der Waals surface area contributed by atoms with Gasteiger partial charge in [-0.1, -0.05) is 20.8 Å². The molecule has 1 aromatic rings. The minimum Gasteiger partial charge on any atom is -0.367 e. The highest BCUT2D eigenvalue weighted by Crippen LogP contribution is 2.23. The Morgan fingerprint density at radius 2 is 2.15 bits per heavy atom. The monoisotopic (exact) mass is 357 g/mol. The number of pyridine rings is 1. The molecule has 0 aliphatic carbocycles. The van der Waals surface area contributed by atoms with Gasteiger partial charge in [0.2, 0.25) is 11.8 Å². The van der Waals surface area contributed by atoms with E-state index in [1.807, 2.05) is 20.8 Å². The van der Waals surface area contributed by atoms with E-state index in [1.54, 1.807) is 23.2 Å². The van der Waals surface area contributed by atoms with Crippen molar-refractivity contribution in [3.63, 3.8) is 0 Å². The molecule has 26 heavy (non-hydrogen) atoms. The number of hydrogen-bond donors (Lipinski definition) is 2. The van der Waals surface area contributed by atoms with E-state index in [2.05, 4.69) is 21.7 Å². The van der Waals surface area contributed by atoms with Crippen LogP contribution in [0.3, 0.4) is 0 Å². The van der Waals surface area contributed by atoms with Crippen molar-refractivity contribution in [3.8, 4) is 6.07 Å². The van der Waals surface area contributed by atoms with Gasteiger partial charge in [-0.2, -0.15) is 5.26 Å². The molecule has 1 saturated heterocycles. The Hall–Kier alpha value is -2.62. The zero-order valence-electron chi connectivity index (χ0n) is 15.7. The van der Waals surface area contributed by atoms with Crippen LogP contribution in [0.5, 0.6) is 0 Å². The molecule has 0 spiro atoms. The van der Waals surface area contributed by atoms with Gasteiger partial charge in [0.1, 0.15) is 11.9 Å². The fraction of sp³-hybridized carbons (Fsp3) is 0.579. The maximum atomic E-state index is 12.4. The third-order valence-electron chi connectivity index (χ3n) is 4.37. The summed E-state index contributed by atoms with van der Waals surface area (Å²) in [5.74, 6) is 0.416. The van der Waals surface area contributed by atoms with Crippen LogP contribution in [0.4, 0.5) is 5.82 Å². The van der Waals surface area contributed by atoms with Crippen molar-refractivity contribution in [1.82, 2.24) is 15.2 Å². The number of hydrogen-bond acceptors (Lipinski definition) is 5.